The second-order valence-corrected chi connectivity index (χ2v) is 4.12. The molecule has 0 aliphatic carbocycles. The van der Waals surface area contributed by atoms with E-state index < -0.39 is 6.36 Å². The first kappa shape index (κ1) is 13.2. The van der Waals surface area contributed by atoms with Crippen LogP contribution in [0, 0.1) is 0 Å². The van der Waals surface area contributed by atoms with E-state index in [-0.39, 0.29) is 24.6 Å². The number of hydrogen-bond donors (Lipinski definition) is 1. The Kier molecular flexibility index (Phi) is 3.77. The Balaban J connectivity index is 2.00. The fourth-order valence-corrected chi connectivity index (χ4v) is 1.97. The normalized spacial score (nSPS) is 24.2. The fourth-order valence-electron chi connectivity index (χ4n) is 1.97. The molecular formula is C12H13F3O3. The quantitative estimate of drug-likeness (QED) is 0.910. The van der Waals surface area contributed by atoms with Gasteiger partial charge in [0.25, 0.3) is 0 Å². The maximum atomic E-state index is 12.0. The average molecular weight is 262 g/mol. The van der Waals surface area contributed by atoms with E-state index in [0.717, 1.165) is 18.4 Å². The zero-order valence-corrected chi connectivity index (χ0v) is 9.48. The monoisotopic (exact) mass is 262 g/mol. The molecule has 1 saturated heterocycles. The lowest BCUT2D eigenvalue weighted by molar-refractivity contribution is -0.274. The molecule has 6 heteroatoms. The van der Waals surface area contributed by atoms with Crippen molar-refractivity contribution in [2.24, 2.45) is 0 Å². The molecule has 0 amide bonds. The number of hydrogen-bond acceptors (Lipinski definition) is 3. The number of aliphatic hydroxyl groups excluding tert-OH is 1. The Labute approximate surface area is 102 Å². The van der Waals surface area contributed by atoms with E-state index in [9.17, 15) is 13.2 Å². The second kappa shape index (κ2) is 5.16. The van der Waals surface area contributed by atoms with E-state index in [0.29, 0.717) is 0 Å². The lowest BCUT2D eigenvalue weighted by atomic mass is 10.1. The summed E-state index contributed by atoms with van der Waals surface area (Å²) in [6.07, 6.45) is -3.51. The topological polar surface area (TPSA) is 38.7 Å². The van der Waals surface area contributed by atoms with E-state index in [1.807, 2.05) is 0 Å². The van der Waals surface area contributed by atoms with Crippen molar-refractivity contribution in [2.45, 2.75) is 31.4 Å². The van der Waals surface area contributed by atoms with Gasteiger partial charge in [0.05, 0.1) is 18.8 Å². The summed E-state index contributed by atoms with van der Waals surface area (Å²) < 4.78 is 45.2. The van der Waals surface area contributed by atoms with Crippen LogP contribution in [-0.4, -0.2) is 24.2 Å². The Morgan fingerprint density at radius 1 is 1.22 bits per heavy atom. The largest absolute Gasteiger partial charge is 0.573 e. The summed E-state index contributed by atoms with van der Waals surface area (Å²) in [6, 6.07) is 5.62. The van der Waals surface area contributed by atoms with E-state index in [1.165, 1.54) is 12.1 Å². The molecule has 0 bridgehead atoms. The van der Waals surface area contributed by atoms with Gasteiger partial charge in [0.1, 0.15) is 5.75 Å². The van der Waals surface area contributed by atoms with Crippen LogP contribution in [0.2, 0.25) is 0 Å². The molecule has 1 aromatic carbocycles. The molecule has 2 rings (SSSR count). The van der Waals surface area contributed by atoms with Gasteiger partial charge in [-0.15, -0.1) is 13.2 Å². The van der Waals surface area contributed by atoms with Crippen LogP contribution in [0.3, 0.4) is 0 Å². The highest BCUT2D eigenvalue weighted by molar-refractivity contribution is 5.29. The highest BCUT2D eigenvalue weighted by Gasteiger charge is 2.31. The average Bonchev–Trinajstić information content (AvgIpc) is 2.76. The summed E-state index contributed by atoms with van der Waals surface area (Å²) >= 11 is 0. The highest BCUT2D eigenvalue weighted by Crippen LogP contribution is 2.33. The molecule has 1 aliphatic rings. The molecule has 0 saturated carbocycles. The number of ether oxygens (including phenoxy) is 2. The molecule has 18 heavy (non-hydrogen) atoms. The molecule has 100 valence electrons. The van der Waals surface area contributed by atoms with E-state index in [4.69, 9.17) is 9.84 Å². The maximum absolute atomic E-state index is 12.0. The Hall–Kier alpha value is -1.27. The molecule has 3 nitrogen and oxygen atoms in total. The van der Waals surface area contributed by atoms with Gasteiger partial charge in [-0.2, -0.15) is 0 Å². The minimum absolute atomic E-state index is 0.0359. The third-order valence-corrected chi connectivity index (χ3v) is 2.80. The van der Waals surface area contributed by atoms with E-state index >= 15 is 0 Å². The smallest absolute Gasteiger partial charge is 0.406 e. The van der Waals surface area contributed by atoms with Gasteiger partial charge in [-0.05, 0) is 30.5 Å². The third kappa shape index (κ3) is 3.36. The number of alkyl halides is 3. The lowest BCUT2D eigenvalue weighted by Crippen LogP contribution is -2.17. The van der Waals surface area contributed by atoms with Gasteiger partial charge in [-0.25, -0.2) is 0 Å². The molecule has 0 spiro atoms. The van der Waals surface area contributed by atoms with Gasteiger partial charge in [0.15, 0.2) is 0 Å². The standard InChI is InChI=1S/C12H13F3O3/c13-12(14,15)18-9-3-1-8(2-4-9)11-6-5-10(7-16)17-11/h1-4,10-11,16H,5-7H2/t10-,11+/m0/s1. The van der Waals surface area contributed by atoms with Gasteiger partial charge in [-0.3, -0.25) is 0 Å². The Bertz CT molecular complexity index is 389. The molecular weight excluding hydrogens is 249 g/mol. The highest BCUT2D eigenvalue weighted by atomic mass is 19.4. The van der Waals surface area contributed by atoms with Crippen molar-refractivity contribution >= 4 is 0 Å². The summed E-state index contributed by atoms with van der Waals surface area (Å²) in [5, 5.41) is 8.93. The third-order valence-electron chi connectivity index (χ3n) is 2.80. The fraction of sp³-hybridized carbons (Fsp3) is 0.500. The number of aliphatic hydroxyl groups is 1. The molecule has 1 aliphatic heterocycles. The first-order valence-corrected chi connectivity index (χ1v) is 5.60. The molecule has 2 atom stereocenters. The van der Waals surface area contributed by atoms with Crippen LogP contribution in [-0.2, 0) is 4.74 Å². The van der Waals surface area contributed by atoms with Crippen LogP contribution in [0.1, 0.15) is 24.5 Å². The van der Waals surface area contributed by atoms with Gasteiger partial charge in [-0.1, -0.05) is 12.1 Å². The van der Waals surface area contributed by atoms with Gasteiger partial charge < -0.3 is 14.6 Å². The van der Waals surface area contributed by atoms with E-state index in [2.05, 4.69) is 4.74 Å². The van der Waals surface area contributed by atoms with Crippen LogP contribution in [0.5, 0.6) is 5.75 Å². The van der Waals surface area contributed by atoms with Crippen molar-refractivity contribution in [3.63, 3.8) is 0 Å². The number of benzene rings is 1. The zero-order chi connectivity index (χ0) is 13.2. The number of rotatable bonds is 3. The summed E-state index contributed by atoms with van der Waals surface area (Å²) in [4.78, 5) is 0. The minimum atomic E-state index is -4.67. The predicted molar refractivity (Wildman–Crippen MR) is 57.1 cm³/mol. The molecule has 1 N–H and O–H groups in total. The van der Waals surface area contributed by atoms with Crippen LogP contribution in [0.4, 0.5) is 13.2 Å². The maximum Gasteiger partial charge on any atom is 0.573 e. The summed E-state index contributed by atoms with van der Waals surface area (Å²) in [5.41, 5.74) is 0.792. The van der Waals surface area contributed by atoms with Crippen molar-refractivity contribution in [1.29, 1.82) is 0 Å². The van der Waals surface area contributed by atoms with Crippen LogP contribution in [0.15, 0.2) is 24.3 Å². The van der Waals surface area contributed by atoms with Crippen LogP contribution in [0.25, 0.3) is 0 Å². The van der Waals surface area contributed by atoms with Gasteiger partial charge in [0.2, 0.25) is 0 Å². The van der Waals surface area contributed by atoms with Crippen molar-refractivity contribution in [1.82, 2.24) is 0 Å². The minimum Gasteiger partial charge on any atom is -0.406 e. The predicted octanol–water partition coefficient (Wildman–Crippen LogP) is 2.80. The van der Waals surface area contributed by atoms with Crippen LogP contribution >= 0.6 is 0 Å². The summed E-state index contributed by atoms with van der Waals surface area (Å²) in [6.45, 7) is -0.0359. The summed E-state index contributed by atoms with van der Waals surface area (Å²) in [5.74, 6) is -0.247. The zero-order valence-electron chi connectivity index (χ0n) is 9.48. The van der Waals surface area contributed by atoms with E-state index in [1.54, 1.807) is 12.1 Å². The van der Waals surface area contributed by atoms with Crippen molar-refractivity contribution in [2.75, 3.05) is 6.61 Å². The van der Waals surface area contributed by atoms with Crippen molar-refractivity contribution in [3.05, 3.63) is 29.8 Å². The molecule has 1 aromatic rings. The van der Waals surface area contributed by atoms with Gasteiger partial charge >= 0.3 is 6.36 Å². The Morgan fingerprint density at radius 2 is 1.89 bits per heavy atom. The molecule has 0 unspecified atom stereocenters. The molecule has 0 radical (unpaired) electrons. The van der Waals surface area contributed by atoms with Gasteiger partial charge in [0, 0.05) is 0 Å². The van der Waals surface area contributed by atoms with Crippen molar-refractivity contribution in [3.8, 4) is 5.75 Å². The van der Waals surface area contributed by atoms with Crippen LogP contribution < -0.4 is 4.74 Å². The lowest BCUT2D eigenvalue weighted by Gasteiger charge is -2.13. The first-order valence-electron chi connectivity index (χ1n) is 5.60. The Morgan fingerprint density at radius 3 is 2.39 bits per heavy atom. The first-order chi connectivity index (χ1) is 8.48. The molecule has 0 aromatic heterocycles. The SMILES string of the molecule is OC[C@@H]1CC[C@H](c2ccc(OC(F)(F)F)cc2)O1. The molecule has 1 fully saturated rings. The second-order valence-electron chi connectivity index (χ2n) is 4.12. The molecule has 1 heterocycles. The summed E-state index contributed by atoms with van der Waals surface area (Å²) in [7, 11) is 0. The van der Waals surface area contributed by atoms with Crippen molar-refractivity contribution < 1.29 is 27.8 Å². The number of halogens is 3.